The zero-order valence-corrected chi connectivity index (χ0v) is 18.5. The van der Waals surface area contributed by atoms with E-state index < -0.39 is 23.5 Å². The standard InChI is InChI=1S/C25H27FN2O5/c1-32-20-6-3-2-5-19(20)22-21(23(29)17-7-9-18(26)10-8-17)24(30)25(31)28(22)12-4-11-27-13-15-33-16-14-27/h2-3,5-10,22,29H,4,11-16H2,1H3/t22-/m0/s1. The van der Waals surface area contributed by atoms with Crippen LogP contribution in [0.15, 0.2) is 54.1 Å². The second-order valence-electron chi connectivity index (χ2n) is 8.05. The molecule has 4 rings (SSSR count). The number of nitrogens with zero attached hydrogens (tertiary/aromatic N) is 2. The lowest BCUT2D eigenvalue weighted by Gasteiger charge is -2.29. The van der Waals surface area contributed by atoms with Crippen LogP contribution >= 0.6 is 0 Å². The molecule has 2 heterocycles. The maximum Gasteiger partial charge on any atom is 0.295 e. The van der Waals surface area contributed by atoms with Gasteiger partial charge in [-0.2, -0.15) is 0 Å². The Labute approximate surface area is 192 Å². The Morgan fingerprint density at radius 3 is 2.48 bits per heavy atom. The van der Waals surface area contributed by atoms with Gasteiger partial charge in [0.05, 0.1) is 31.9 Å². The molecule has 7 nitrogen and oxygen atoms in total. The number of carbonyl (C=O) groups is 2. The molecule has 2 aliphatic rings. The van der Waals surface area contributed by atoms with Crippen molar-refractivity contribution in [3.63, 3.8) is 0 Å². The highest BCUT2D eigenvalue weighted by molar-refractivity contribution is 6.46. The average Bonchev–Trinajstić information content (AvgIpc) is 3.09. The molecular formula is C25H27FN2O5. The topological polar surface area (TPSA) is 79.3 Å². The fourth-order valence-electron chi connectivity index (χ4n) is 4.38. The molecule has 1 N–H and O–H groups in total. The highest BCUT2D eigenvalue weighted by Crippen LogP contribution is 2.42. The number of para-hydroxylation sites is 1. The zero-order chi connectivity index (χ0) is 23.4. The Bertz CT molecular complexity index is 1050. The summed E-state index contributed by atoms with van der Waals surface area (Å²) < 4.78 is 24.3. The molecule has 0 bridgehead atoms. The molecule has 0 radical (unpaired) electrons. The van der Waals surface area contributed by atoms with Crippen molar-refractivity contribution in [2.75, 3.05) is 46.5 Å². The van der Waals surface area contributed by atoms with Crippen LogP contribution in [-0.2, 0) is 14.3 Å². The Morgan fingerprint density at radius 2 is 1.79 bits per heavy atom. The maximum atomic E-state index is 13.4. The lowest BCUT2D eigenvalue weighted by atomic mass is 9.94. The second-order valence-corrected chi connectivity index (χ2v) is 8.05. The predicted octanol–water partition coefficient (Wildman–Crippen LogP) is 2.98. The van der Waals surface area contributed by atoms with E-state index in [9.17, 15) is 19.1 Å². The molecular weight excluding hydrogens is 427 g/mol. The summed E-state index contributed by atoms with van der Waals surface area (Å²) in [7, 11) is 1.52. The van der Waals surface area contributed by atoms with E-state index in [-0.39, 0.29) is 16.9 Å². The van der Waals surface area contributed by atoms with Crippen molar-refractivity contribution >= 4 is 17.4 Å². The van der Waals surface area contributed by atoms with Gasteiger partial charge in [-0.15, -0.1) is 0 Å². The minimum atomic E-state index is -0.809. The van der Waals surface area contributed by atoms with Gasteiger partial charge in [0.1, 0.15) is 17.3 Å². The number of likely N-dealkylation sites (tertiary alicyclic amines) is 1. The first-order valence-corrected chi connectivity index (χ1v) is 11.0. The third kappa shape index (κ3) is 4.77. The first kappa shape index (κ1) is 22.9. The lowest BCUT2D eigenvalue weighted by Crippen LogP contribution is -2.39. The van der Waals surface area contributed by atoms with Gasteiger partial charge in [-0.05, 0) is 36.8 Å². The van der Waals surface area contributed by atoms with E-state index in [0.717, 1.165) is 19.6 Å². The second kappa shape index (κ2) is 10.1. The number of carbonyl (C=O) groups excluding carboxylic acids is 2. The molecule has 1 amide bonds. The van der Waals surface area contributed by atoms with Crippen LogP contribution in [0.25, 0.3) is 5.76 Å². The first-order valence-electron chi connectivity index (χ1n) is 11.0. The minimum Gasteiger partial charge on any atom is -0.507 e. The fourth-order valence-corrected chi connectivity index (χ4v) is 4.38. The number of Topliss-reactive ketones (excluding diaryl/α,β-unsaturated/α-hetero) is 1. The summed E-state index contributed by atoms with van der Waals surface area (Å²) >= 11 is 0. The first-order chi connectivity index (χ1) is 16.0. The quantitative estimate of drug-likeness (QED) is 0.394. The largest absolute Gasteiger partial charge is 0.507 e. The molecule has 1 atom stereocenters. The average molecular weight is 454 g/mol. The summed E-state index contributed by atoms with van der Waals surface area (Å²) in [4.78, 5) is 29.9. The summed E-state index contributed by atoms with van der Waals surface area (Å²) in [5.41, 5.74) is 0.847. The lowest BCUT2D eigenvalue weighted by molar-refractivity contribution is -0.140. The molecule has 2 fully saturated rings. The van der Waals surface area contributed by atoms with Gasteiger partial charge in [-0.3, -0.25) is 14.5 Å². The number of ketones is 1. The highest BCUT2D eigenvalue weighted by atomic mass is 19.1. The van der Waals surface area contributed by atoms with E-state index in [0.29, 0.717) is 37.5 Å². The summed E-state index contributed by atoms with van der Waals surface area (Å²) in [6.45, 7) is 4.14. The summed E-state index contributed by atoms with van der Waals surface area (Å²) in [5, 5.41) is 11.0. The molecule has 8 heteroatoms. The zero-order valence-electron chi connectivity index (χ0n) is 18.5. The number of methoxy groups -OCH3 is 1. The van der Waals surface area contributed by atoms with Crippen LogP contribution in [0.1, 0.15) is 23.6 Å². The van der Waals surface area contributed by atoms with Crippen molar-refractivity contribution in [2.45, 2.75) is 12.5 Å². The van der Waals surface area contributed by atoms with E-state index in [4.69, 9.17) is 9.47 Å². The van der Waals surface area contributed by atoms with Crippen LogP contribution < -0.4 is 4.74 Å². The van der Waals surface area contributed by atoms with E-state index in [1.807, 2.05) is 0 Å². The van der Waals surface area contributed by atoms with Crippen LogP contribution in [0.5, 0.6) is 5.75 Å². The van der Waals surface area contributed by atoms with Gasteiger partial charge in [0.2, 0.25) is 0 Å². The number of rotatable bonds is 7. The monoisotopic (exact) mass is 454 g/mol. The Hall–Kier alpha value is -3.23. The smallest absolute Gasteiger partial charge is 0.295 e. The SMILES string of the molecule is COc1ccccc1[C@H]1C(=C(O)c2ccc(F)cc2)C(=O)C(=O)N1CCCN1CCOCC1. The van der Waals surface area contributed by atoms with Gasteiger partial charge in [-0.1, -0.05) is 18.2 Å². The number of ether oxygens (including phenoxy) is 2. The van der Waals surface area contributed by atoms with Crippen molar-refractivity contribution in [1.82, 2.24) is 9.80 Å². The molecule has 2 aromatic rings. The maximum absolute atomic E-state index is 13.4. The van der Waals surface area contributed by atoms with Crippen molar-refractivity contribution in [3.8, 4) is 5.75 Å². The molecule has 0 saturated carbocycles. The van der Waals surface area contributed by atoms with Crippen molar-refractivity contribution in [3.05, 3.63) is 71.0 Å². The van der Waals surface area contributed by atoms with E-state index in [1.165, 1.54) is 36.3 Å². The molecule has 33 heavy (non-hydrogen) atoms. The number of benzene rings is 2. The fraction of sp³-hybridized carbons (Fsp3) is 0.360. The van der Waals surface area contributed by atoms with Crippen LogP contribution in [0.4, 0.5) is 4.39 Å². The van der Waals surface area contributed by atoms with E-state index >= 15 is 0 Å². The van der Waals surface area contributed by atoms with Crippen LogP contribution in [0, 0.1) is 5.82 Å². The number of hydrogen-bond acceptors (Lipinski definition) is 6. The number of morpholine rings is 1. The molecule has 2 aliphatic heterocycles. The van der Waals surface area contributed by atoms with Crippen molar-refractivity contribution < 1.29 is 28.6 Å². The molecule has 2 saturated heterocycles. The summed E-state index contributed by atoms with van der Waals surface area (Å²) in [5.74, 6) is -1.72. The molecule has 0 aromatic heterocycles. The van der Waals surface area contributed by atoms with Gasteiger partial charge in [0.15, 0.2) is 0 Å². The van der Waals surface area contributed by atoms with Gasteiger partial charge >= 0.3 is 0 Å². The third-order valence-electron chi connectivity index (χ3n) is 6.07. The molecule has 0 aliphatic carbocycles. The van der Waals surface area contributed by atoms with Crippen LogP contribution in [-0.4, -0.2) is 73.1 Å². The summed E-state index contributed by atoms with van der Waals surface area (Å²) in [6.07, 6.45) is 0.662. The Kier molecular flexibility index (Phi) is 7.05. The minimum absolute atomic E-state index is 0.0255. The molecule has 174 valence electrons. The Morgan fingerprint density at radius 1 is 1.09 bits per heavy atom. The van der Waals surface area contributed by atoms with Crippen LogP contribution in [0.3, 0.4) is 0 Å². The van der Waals surface area contributed by atoms with Gasteiger partial charge in [-0.25, -0.2) is 4.39 Å². The van der Waals surface area contributed by atoms with Crippen molar-refractivity contribution in [2.24, 2.45) is 0 Å². The van der Waals surface area contributed by atoms with E-state index in [2.05, 4.69) is 4.90 Å². The van der Waals surface area contributed by atoms with E-state index in [1.54, 1.807) is 24.3 Å². The van der Waals surface area contributed by atoms with Gasteiger partial charge in [0, 0.05) is 37.3 Å². The normalized spacial score (nSPS) is 20.9. The predicted molar refractivity (Wildman–Crippen MR) is 120 cm³/mol. The number of amides is 1. The number of hydrogen-bond donors (Lipinski definition) is 1. The van der Waals surface area contributed by atoms with Gasteiger partial charge in [0.25, 0.3) is 11.7 Å². The van der Waals surface area contributed by atoms with Crippen molar-refractivity contribution in [1.29, 1.82) is 0 Å². The number of aliphatic hydroxyl groups excluding tert-OH is 1. The number of halogens is 1. The van der Waals surface area contributed by atoms with Gasteiger partial charge < -0.3 is 19.5 Å². The molecule has 2 aromatic carbocycles. The molecule has 0 unspecified atom stereocenters. The molecule has 0 spiro atoms. The Balaban J connectivity index is 1.70. The highest BCUT2D eigenvalue weighted by Gasteiger charge is 2.46. The summed E-state index contributed by atoms with van der Waals surface area (Å²) in [6, 6.07) is 11.5. The number of aliphatic hydroxyl groups is 1. The van der Waals surface area contributed by atoms with Crippen LogP contribution in [0.2, 0.25) is 0 Å². The third-order valence-corrected chi connectivity index (χ3v) is 6.07.